The molecule has 0 saturated heterocycles. The molecular weight excluding hydrogens is 227 g/mol. The average molecular weight is 241 g/mol. The summed E-state index contributed by atoms with van der Waals surface area (Å²) in [5, 5.41) is 0. The van der Waals surface area contributed by atoms with E-state index in [1.807, 2.05) is 36.4 Å². The molecule has 9 heavy (non-hydrogen) atoms. The number of carbonyl (C=O) groups excluding carboxylic acids is 1. The first-order valence-corrected chi connectivity index (χ1v) is 4.72. The van der Waals surface area contributed by atoms with E-state index < -0.39 is 5.89 Å². The predicted molar refractivity (Wildman–Crippen MR) is 48.0 cm³/mol. The van der Waals surface area contributed by atoms with Crippen LogP contribution in [0.5, 0.6) is 0 Å². The Kier molecular flexibility index (Phi) is 4.34. The SMILES string of the molecule is [2H]C(CC)(CC)C(=O)CI. The minimum absolute atomic E-state index is 0.0538. The van der Waals surface area contributed by atoms with Crippen molar-refractivity contribution in [3.05, 3.63) is 0 Å². The lowest BCUT2D eigenvalue weighted by Crippen LogP contribution is -2.13. The Balaban J connectivity index is 4.17. The van der Waals surface area contributed by atoms with Gasteiger partial charge in [-0.1, -0.05) is 36.4 Å². The van der Waals surface area contributed by atoms with Gasteiger partial charge in [0.15, 0.2) is 0 Å². The summed E-state index contributed by atoms with van der Waals surface area (Å²) in [5.74, 6) is -0.751. The number of alkyl halides is 1. The maximum Gasteiger partial charge on any atom is 0.145 e. The molecular formula is C7H13IO. The second kappa shape index (κ2) is 5.21. The summed E-state index contributed by atoms with van der Waals surface area (Å²) in [7, 11) is 0. The monoisotopic (exact) mass is 241 g/mol. The van der Waals surface area contributed by atoms with E-state index in [-0.39, 0.29) is 5.78 Å². The maximum absolute atomic E-state index is 11.1. The van der Waals surface area contributed by atoms with Crippen molar-refractivity contribution < 1.29 is 6.17 Å². The Bertz CT molecular complexity index is 121. The lowest BCUT2D eigenvalue weighted by atomic mass is 10.00. The quantitative estimate of drug-likeness (QED) is 0.545. The van der Waals surface area contributed by atoms with Crippen LogP contribution in [0.2, 0.25) is 0 Å². The molecule has 1 nitrogen and oxygen atoms in total. The summed E-state index contributed by atoms with van der Waals surface area (Å²) in [5.41, 5.74) is 0. The first-order valence-electron chi connectivity index (χ1n) is 3.70. The van der Waals surface area contributed by atoms with Crippen LogP contribution in [0, 0.1) is 5.89 Å². The minimum Gasteiger partial charge on any atom is -0.299 e. The van der Waals surface area contributed by atoms with Gasteiger partial charge in [0.1, 0.15) is 5.78 Å². The first-order chi connectivity index (χ1) is 4.60. The molecule has 0 rings (SSSR count). The fraction of sp³-hybridized carbons (Fsp3) is 0.857. The van der Waals surface area contributed by atoms with Crippen molar-refractivity contribution in [3.63, 3.8) is 0 Å². The summed E-state index contributed by atoms with van der Waals surface area (Å²) >= 11 is 2.02. The molecule has 0 aliphatic rings. The number of hydrogen-bond acceptors (Lipinski definition) is 1. The van der Waals surface area contributed by atoms with E-state index in [1.54, 1.807) is 0 Å². The van der Waals surface area contributed by atoms with Gasteiger partial charge in [0.2, 0.25) is 0 Å². The van der Waals surface area contributed by atoms with E-state index in [1.165, 1.54) is 0 Å². The molecule has 0 aromatic rings. The maximum atomic E-state index is 11.1. The van der Waals surface area contributed by atoms with Gasteiger partial charge >= 0.3 is 0 Å². The molecule has 0 unspecified atom stereocenters. The topological polar surface area (TPSA) is 17.1 Å². The molecule has 0 fully saturated rings. The van der Waals surface area contributed by atoms with E-state index in [0.29, 0.717) is 17.3 Å². The fourth-order valence-electron chi connectivity index (χ4n) is 0.739. The van der Waals surface area contributed by atoms with Crippen LogP contribution in [0.15, 0.2) is 0 Å². The van der Waals surface area contributed by atoms with Crippen LogP contribution in [-0.2, 0) is 4.79 Å². The Morgan fingerprint density at radius 1 is 1.67 bits per heavy atom. The van der Waals surface area contributed by atoms with Gasteiger partial charge in [-0.15, -0.1) is 0 Å². The number of ketones is 1. The van der Waals surface area contributed by atoms with Gasteiger partial charge in [-0.05, 0) is 12.8 Å². The van der Waals surface area contributed by atoms with Crippen LogP contribution in [-0.4, -0.2) is 10.2 Å². The van der Waals surface area contributed by atoms with E-state index >= 15 is 0 Å². The molecule has 0 bridgehead atoms. The van der Waals surface area contributed by atoms with Crippen LogP contribution in [0.25, 0.3) is 0 Å². The largest absolute Gasteiger partial charge is 0.299 e. The molecule has 0 aromatic heterocycles. The highest BCUT2D eigenvalue weighted by Gasteiger charge is 2.10. The zero-order valence-electron chi connectivity index (χ0n) is 6.91. The van der Waals surface area contributed by atoms with E-state index in [2.05, 4.69) is 0 Å². The third kappa shape index (κ3) is 3.18. The summed E-state index contributed by atoms with van der Waals surface area (Å²) in [6.45, 7) is 3.78. The number of carbonyl (C=O) groups is 1. The lowest BCUT2D eigenvalue weighted by Gasteiger charge is -2.06. The Labute approximate surface area is 71.8 Å². The van der Waals surface area contributed by atoms with Gasteiger partial charge in [0, 0.05) is 7.26 Å². The number of rotatable bonds is 4. The van der Waals surface area contributed by atoms with Gasteiger partial charge < -0.3 is 0 Å². The molecule has 0 aliphatic heterocycles. The molecule has 54 valence electrons. The van der Waals surface area contributed by atoms with E-state index in [4.69, 9.17) is 1.37 Å². The molecule has 0 heterocycles. The van der Waals surface area contributed by atoms with E-state index in [0.717, 1.165) is 0 Å². The summed E-state index contributed by atoms with van der Waals surface area (Å²) in [6.07, 6.45) is 1.26. The van der Waals surface area contributed by atoms with Gasteiger partial charge in [-0.25, -0.2) is 0 Å². The van der Waals surface area contributed by atoms with Crippen LogP contribution in [0.1, 0.15) is 28.1 Å². The minimum atomic E-state index is -0.804. The third-order valence-corrected chi connectivity index (χ3v) is 2.06. The number of Topliss-reactive ketones (excluding diaryl/α,β-unsaturated/α-hetero) is 1. The molecule has 0 saturated carbocycles. The molecule has 0 aromatic carbocycles. The first kappa shape index (κ1) is 7.51. The van der Waals surface area contributed by atoms with Crippen LogP contribution in [0.3, 0.4) is 0 Å². The zero-order valence-corrected chi connectivity index (χ0v) is 8.07. The molecule has 2 heteroatoms. The summed E-state index contributed by atoms with van der Waals surface area (Å²) in [6, 6.07) is 0. The average Bonchev–Trinajstić information content (AvgIpc) is 2.01. The third-order valence-electron chi connectivity index (χ3n) is 1.37. The van der Waals surface area contributed by atoms with Crippen molar-refractivity contribution in [3.8, 4) is 0 Å². The molecule has 0 aliphatic carbocycles. The van der Waals surface area contributed by atoms with E-state index in [9.17, 15) is 4.79 Å². The highest BCUT2D eigenvalue weighted by atomic mass is 127. The van der Waals surface area contributed by atoms with Crippen molar-refractivity contribution in [2.75, 3.05) is 4.43 Å². The molecule has 0 radical (unpaired) electrons. The van der Waals surface area contributed by atoms with Crippen molar-refractivity contribution in [2.45, 2.75) is 26.7 Å². The molecule has 0 spiro atoms. The van der Waals surface area contributed by atoms with Gasteiger partial charge in [-0.3, -0.25) is 4.79 Å². The standard InChI is InChI=1S/C7H13IO/c1-3-6(4-2)7(9)5-8/h6H,3-5H2,1-2H3/i6D. The molecule has 0 N–H and O–H groups in total. The van der Waals surface area contributed by atoms with Gasteiger partial charge in [0.05, 0.1) is 4.43 Å². The second-order valence-corrected chi connectivity index (χ2v) is 2.63. The van der Waals surface area contributed by atoms with Crippen LogP contribution >= 0.6 is 22.6 Å². The molecule has 0 atom stereocenters. The molecule has 0 amide bonds. The Morgan fingerprint density at radius 2 is 2.11 bits per heavy atom. The summed E-state index contributed by atoms with van der Waals surface area (Å²) < 4.78 is 8.13. The predicted octanol–water partition coefficient (Wildman–Crippen LogP) is 2.43. The van der Waals surface area contributed by atoms with Crippen molar-refractivity contribution in [2.24, 2.45) is 5.89 Å². The zero-order chi connectivity index (χ0) is 8.20. The van der Waals surface area contributed by atoms with Crippen LogP contribution < -0.4 is 0 Å². The van der Waals surface area contributed by atoms with Crippen molar-refractivity contribution in [1.29, 1.82) is 0 Å². The number of hydrogen-bond donors (Lipinski definition) is 0. The highest BCUT2D eigenvalue weighted by Crippen LogP contribution is 2.09. The van der Waals surface area contributed by atoms with Crippen molar-refractivity contribution in [1.82, 2.24) is 0 Å². The smallest absolute Gasteiger partial charge is 0.145 e. The lowest BCUT2D eigenvalue weighted by molar-refractivity contribution is -0.120. The fourth-order valence-corrected chi connectivity index (χ4v) is 1.28. The highest BCUT2D eigenvalue weighted by molar-refractivity contribution is 14.1. The second-order valence-electron chi connectivity index (χ2n) is 1.87. The van der Waals surface area contributed by atoms with Crippen LogP contribution in [0.4, 0.5) is 0 Å². The Hall–Kier alpha value is 0.400. The number of halogens is 1. The summed E-state index contributed by atoms with van der Waals surface area (Å²) in [4.78, 5) is 11.1. The van der Waals surface area contributed by atoms with Gasteiger partial charge in [-0.2, -0.15) is 0 Å². The van der Waals surface area contributed by atoms with Crippen molar-refractivity contribution >= 4 is 28.4 Å². The normalized spacial score (nSPS) is 13.0. The van der Waals surface area contributed by atoms with Gasteiger partial charge in [0.25, 0.3) is 0 Å². The Morgan fingerprint density at radius 3 is 2.22 bits per heavy atom.